The highest BCUT2D eigenvalue weighted by Gasteiger charge is 2.44. The number of anilines is 1. The van der Waals surface area contributed by atoms with Crippen molar-refractivity contribution in [3.63, 3.8) is 0 Å². The molecule has 0 saturated carbocycles. The lowest BCUT2D eigenvalue weighted by Gasteiger charge is -2.48. The molecule has 3 atom stereocenters. The molecule has 1 fully saturated rings. The maximum absolute atomic E-state index is 11.5. The highest BCUT2D eigenvalue weighted by atomic mass is 32.2. The Hall–Kier alpha value is -2.64. The number of nitrogens with one attached hydrogen (secondary N) is 1. The van der Waals surface area contributed by atoms with Gasteiger partial charge in [0.05, 0.1) is 30.1 Å². The maximum Gasteiger partial charge on any atom is 0.229 e. The fourth-order valence-electron chi connectivity index (χ4n) is 5.68. The van der Waals surface area contributed by atoms with E-state index in [4.69, 9.17) is 10.00 Å². The van der Waals surface area contributed by atoms with Crippen molar-refractivity contribution in [1.82, 2.24) is 4.90 Å². The number of nitrogens with zero attached hydrogens (tertiary/aromatic N) is 2. The summed E-state index contributed by atoms with van der Waals surface area (Å²) in [7, 11) is -3.40. The number of fused-ring (bicyclic) bond motifs is 2. The molecule has 5 rings (SSSR count). The molecule has 34 heavy (non-hydrogen) atoms. The van der Waals surface area contributed by atoms with Crippen LogP contribution in [0.25, 0.3) is 0 Å². The topological polar surface area (TPSA) is 123 Å². The molecule has 1 spiro atoms. The molecule has 0 aromatic heterocycles. The number of aliphatic hydroxyl groups excluding tert-OH is 2. The Labute approximate surface area is 199 Å². The first-order valence-corrected chi connectivity index (χ1v) is 13.5. The Balaban J connectivity index is 1.27. The fraction of sp³-hybridized carbons (Fsp3) is 0.480. The highest BCUT2D eigenvalue weighted by Crippen LogP contribution is 2.46. The van der Waals surface area contributed by atoms with Gasteiger partial charge in [-0.05, 0) is 67.1 Å². The number of hydrogen-bond donors (Lipinski definition) is 3. The number of hydrogen-bond acceptors (Lipinski definition) is 7. The van der Waals surface area contributed by atoms with Crippen molar-refractivity contribution in [2.75, 3.05) is 24.1 Å². The Morgan fingerprint density at radius 2 is 1.88 bits per heavy atom. The van der Waals surface area contributed by atoms with Gasteiger partial charge in [-0.2, -0.15) is 5.26 Å². The summed E-state index contributed by atoms with van der Waals surface area (Å²) in [5.41, 5.74) is 3.09. The second-order valence-corrected chi connectivity index (χ2v) is 11.6. The molecule has 3 aliphatic rings. The van der Waals surface area contributed by atoms with E-state index in [1.54, 1.807) is 24.3 Å². The van der Waals surface area contributed by atoms with Gasteiger partial charge in [-0.1, -0.05) is 6.07 Å². The number of ether oxygens (including phenoxy) is 1. The quantitative estimate of drug-likeness (QED) is 0.613. The van der Waals surface area contributed by atoms with E-state index >= 15 is 0 Å². The van der Waals surface area contributed by atoms with Gasteiger partial charge in [-0.15, -0.1) is 0 Å². The summed E-state index contributed by atoms with van der Waals surface area (Å²) in [5, 5.41) is 30.7. The largest absolute Gasteiger partial charge is 0.487 e. The predicted molar refractivity (Wildman–Crippen MR) is 127 cm³/mol. The predicted octanol–water partition coefficient (Wildman–Crippen LogP) is 2.63. The van der Waals surface area contributed by atoms with Crippen molar-refractivity contribution in [2.24, 2.45) is 0 Å². The van der Waals surface area contributed by atoms with Crippen molar-refractivity contribution in [3.05, 3.63) is 58.7 Å². The minimum Gasteiger partial charge on any atom is -0.487 e. The second kappa shape index (κ2) is 8.54. The van der Waals surface area contributed by atoms with Gasteiger partial charge < -0.3 is 14.9 Å². The SMILES string of the molecule is CS(=O)(=O)Nc1ccc2c(c1)C(O)CC1(CCN([C@H]3Cc4ccc(C#N)cc4C(O)C3)CC1)O2. The summed E-state index contributed by atoms with van der Waals surface area (Å²) in [6.45, 7) is 1.61. The first kappa shape index (κ1) is 23.1. The Kier molecular flexibility index (Phi) is 5.81. The van der Waals surface area contributed by atoms with Crippen molar-refractivity contribution in [2.45, 2.75) is 56.0 Å². The van der Waals surface area contributed by atoms with Crippen molar-refractivity contribution >= 4 is 15.7 Å². The van der Waals surface area contributed by atoms with E-state index < -0.39 is 27.8 Å². The molecule has 3 N–H and O–H groups in total. The van der Waals surface area contributed by atoms with Crippen LogP contribution in [0.5, 0.6) is 5.75 Å². The molecule has 8 nitrogen and oxygen atoms in total. The zero-order chi connectivity index (χ0) is 24.1. The molecule has 0 bridgehead atoms. The molecule has 1 saturated heterocycles. The number of benzene rings is 2. The molecule has 2 heterocycles. The van der Waals surface area contributed by atoms with Crippen LogP contribution in [0.3, 0.4) is 0 Å². The Bertz CT molecular complexity index is 1250. The van der Waals surface area contributed by atoms with E-state index in [0.29, 0.717) is 35.4 Å². The Morgan fingerprint density at radius 3 is 2.59 bits per heavy atom. The molecule has 2 aliphatic heterocycles. The van der Waals surface area contributed by atoms with Gasteiger partial charge >= 0.3 is 0 Å². The summed E-state index contributed by atoms with van der Waals surface area (Å²) in [4.78, 5) is 2.40. The third kappa shape index (κ3) is 4.51. The maximum atomic E-state index is 11.5. The molecule has 2 aromatic rings. The summed E-state index contributed by atoms with van der Waals surface area (Å²) in [6.07, 6.45) is 3.25. The molecule has 180 valence electrons. The third-order valence-corrected chi connectivity index (χ3v) is 7.98. The van der Waals surface area contributed by atoms with Crippen molar-refractivity contribution in [3.8, 4) is 11.8 Å². The van der Waals surface area contributed by atoms with Crippen molar-refractivity contribution < 1.29 is 23.4 Å². The van der Waals surface area contributed by atoms with Crippen LogP contribution in [0.15, 0.2) is 36.4 Å². The number of aliphatic hydroxyl groups is 2. The molecule has 0 radical (unpaired) electrons. The lowest BCUT2D eigenvalue weighted by Crippen LogP contribution is -2.53. The lowest BCUT2D eigenvalue weighted by atomic mass is 9.79. The summed E-state index contributed by atoms with van der Waals surface area (Å²) >= 11 is 0. The van der Waals surface area contributed by atoms with Crippen LogP contribution >= 0.6 is 0 Å². The van der Waals surface area contributed by atoms with E-state index in [-0.39, 0.29) is 6.04 Å². The van der Waals surface area contributed by atoms with E-state index in [0.717, 1.165) is 49.7 Å². The molecule has 1 aliphatic carbocycles. The van der Waals surface area contributed by atoms with Gasteiger partial charge in [0.1, 0.15) is 11.4 Å². The van der Waals surface area contributed by atoms with Crippen LogP contribution in [0.4, 0.5) is 5.69 Å². The van der Waals surface area contributed by atoms with Gasteiger partial charge in [-0.25, -0.2) is 8.42 Å². The zero-order valence-corrected chi connectivity index (χ0v) is 19.9. The van der Waals surface area contributed by atoms with Crippen LogP contribution in [-0.2, 0) is 16.4 Å². The number of likely N-dealkylation sites (tertiary alicyclic amines) is 1. The molecular formula is C25H29N3O5S. The van der Waals surface area contributed by atoms with Crippen LogP contribution in [-0.4, -0.2) is 54.5 Å². The standard InChI is InChI=1S/C25H29N3O5S/c1-34(31,32)27-18-4-5-24-21(12-18)23(30)14-25(33-24)6-8-28(9-7-25)19-11-17-3-2-16(15-26)10-20(17)22(29)13-19/h2-5,10,12,19,22-23,27,29-30H,6-9,11,13-14H2,1H3/t19-,22?,23?/m0/s1. The van der Waals surface area contributed by atoms with E-state index in [2.05, 4.69) is 15.7 Å². The summed E-state index contributed by atoms with van der Waals surface area (Å²) in [5.74, 6) is 0.599. The summed E-state index contributed by atoms with van der Waals surface area (Å²) < 4.78 is 31.9. The van der Waals surface area contributed by atoms with Crippen molar-refractivity contribution in [1.29, 1.82) is 5.26 Å². The van der Waals surface area contributed by atoms with Gasteiger partial charge in [0.2, 0.25) is 10.0 Å². The van der Waals surface area contributed by atoms with Gasteiger partial charge in [-0.3, -0.25) is 9.62 Å². The third-order valence-electron chi connectivity index (χ3n) is 7.37. The summed E-state index contributed by atoms with van der Waals surface area (Å²) in [6, 6.07) is 12.9. The average molecular weight is 484 g/mol. The number of nitriles is 1. The minimum absolute atomic E-state index is 0.221. The van der Waals surface area contributed by atoms with Crippen LogP contribution in [0, 0.1) is 11.3 Å². The first-order chi connectivity index (χ1) is 16.1. The molecule has 2 aromatic carbocycles. The van der Waals surface area contributed by atoms with E-state index in [1.165, 1.54) is 0 Å². The lowest BCUT2D eigenvalue weighted by molar-refractivity contribution is -0.0636. The van der Waals surface area contributed by atoms with Gasteiger partial charge in [0.25, 0.3) is 0 Å². The highest BCUT2D eigenvalue weighted by molar-refractivity contribution is 7.92. The average Bonchev–Trinajstić information content (AvgIpc) is 2.79. The van der Waals surface area contributed by atoms with Crippen LogP contribution < -0.4 is 9.46 Å². The fourth-order valence-corrected chi connectivity index (χ4v) is 6.24. The second-order valence-electron chi connectivity index (χ2n) is 9.80. The molecule has 9 heteroatoms. The molecular weight excluding hydrogens is 454 g/mol. The Morgan fingerprint density at radius 1 is 1.12 bits per heavy atom. The molecule has 2 unspecified atom stereocenters. The normalized spacial score (nSPS) is 26.1. The van der Waals surface area contributed by atoms with E-state index in [9.17, 15) is 18.6 Å². The first-order valence-electron chi connectivity index (χ1n) is 11.6. The monoisotopic (exact) mass is 483 g/mol. The number of piperidine rings is 1. The van der Waals surface area contributed by atoms with Crippen LogP contribution in [0.1, 0.15) is 60.1 Å². The van der Waals surface area contributed by atoms with Gasteiger partial charge in [0.15, 0.2) is 0 Å². The van der Waals surface area contributed by atoms with Crippen LogP contribution in [0.2, 0.25) is 0 Å². The smallest absolute Gasteiger partial charge is 0.229 e. The van der Waals surface area contributed by atoms with E-state index in [1.807, 2.05) is 12.1 Å². The minimum atomic E-state index is -3.40. The van der Waals surface area contributed by atoms with Gasteiger partial charge in [0, 0.05) is 36.8 Å². The molecule has 0 amide bonds. The number of rotatable bonds is 3. The zero-order valence-electron chi connectivity index (χ0n) is 19.1. The number of sulfonamides is 1.